The van der Waals surface area contributed by atoms with Crippen LogP contribution in [0.4, 0.5) is 0 Å². The van der Waals surface area contributed by atoms with Crippen molar-refractivity contribution < 1.29 is 14.3 Å². The van der Waals surface area contributed by atoms with Gasteiger partial charge in [-0.1, -0.05) is 31.1 Å². The van der Waals surface area contributed by atoms with Gasteiger partial charge in [0, 0.05) is 13.3 Å². The van der Waals surface area contributed by atoms with Crippen LogP contribution in [0.5, 0.6) is 0 Å². The maximum Gasteiger partial charge on any atom is 0.302 e. The summed E-state index contributed by atoms with van der Waals surface area (Å²) in [7, 11) is 0. The Kier molecular flexibility index (Phi) is 4.44. The molecule has 0 amide bonds. The molecule has 2 saturated carbocycles. The van der Waals surface area contributed by atoms with Crippen molar-refractivity contribution in [2.75, 3.05) is 0 Å². The number of fused-ring (bicyclic) bond motifs is 5. The molecule has 0 spiro atoms. The van der Waals surface area contributed by atoms with Crippen molar-refractivity contribution >= 4 is 11.8 Å². The van der Waals surface area contributed by atoms with Gasteiger partial charge in [0.05, 0.1) is 0 Å². The van der Waals surface area contributed by atoms with Gasteiger partial charge in [0.2, 0.25) is 0 Å². The number of hydrogen-bond donors (Lipinski definition) is 0. The molecule has 0 saturated heterocycles. The molecule has 0 aromatic carbocycles. The number of ether oxygens (including phenoxy) is 1. The van der Waals surface area contributed by atoms with Crippen LogP contribution in [0.2, 0.25) is 0 Å². The van der Waals surface area contributed by atoms with Crippen molar-refractivity contribution in [2.45, 2.75) is 85.7 Å². The highest BCUT2D eigenvalue weighted by molar-refractivity contribution is 5.96. The number of ketones is 1. The Morgan fingerprint density at radius 2 is 1.74 bits per heavy atom. The van der Waals surface area contributed by atoms with Crippen LogP contribution < -0.4 is 0 Å². The quantitative estimate of drug-likeness (QED) is 0.483. The maximum atomic E-state index is 12.4. The monoisotopic (exact) mass is 370 g/mol. The first-order valence-electron chi connectivity index (χ1n) is 10.7. The highest BCUT2D eigenvalue weighted by Crippen LogP contribution is 2.66. The normalized spacial score (nSPS) is 43.4. The first-order chi connectivity index (χ1) is 12.7. The number of carbonyl (C=O) groups is 2. The van der Waals surface area contributed by atoms with E-state index in [1.54, 1.807) is 6.92 Å². The Balaban J connectivity index is 1.62. The minimum Gasteiger partial charge on any atom is -0.462 e. The second-order valence-corrected chi connectivity index (χ2v) is 10.1. The molecule has 4 aliphatic rings. The van der Waals surface area contributed by atoms with E-state index in [1.807, 2.05) is 0 Å². The molecule has 3 nitrogen and oxygen atoms in total. The second kappa shape index (κ2) is 6.32. The highest BCUT2D eigenvalue weighted by atomic mass is 16.5. The topological polar surface area (TPSA) is 43.4 Å². The number of Topliss-reactive ketones (excluding diaryl/α,β-unsaturated/α-hetero) is 1. The van der Waals surface area contributed by atoms with Gasteiger partial charge in [-0.2, -0.15) is 0 Å². The highest BCUT2D eigenvalue weighted by Gasteiger charge is 2.58. The fraction of sp³-hybridized carbons (Fsp3) is 0.750. The molecule has 0 aromatic heterocycles. The Labute approximate surface area is 163 Å². The molecule has 0 aliphatic heterocycles. The summed E-state index contributed by atoms with van der Waals surface area (Å²) in [5.74, 6) is 2.12. The van der Waals surface area contributed by atoms with Gasteiger partial charge in [-0.3, -0.25) is 9.59 Å². The lowest BCUT2D eigenvalue weighted by molar-refractivity contribution is -0.148. The van der Waals surface area contributed by atoms with E-state index in [-0.39, 0.29) is 28.7 Å². The maximum absolute atomic E-state index is 12.4. The Morgan fingerprint density at radius 3 is 2.41 bits per heavy atom. The summed E-state index contributed by atoms with van der Waals surface area (Å²) < 4.78 is 5.54. The Bertz CT molecular complexity index is 745. The molecule has 6 atom stereocenters. The molecule has 4 rings (SSSR count). The van der Waals surface area contributed by atoms with Crippen molar-refractivity contribution in [3.63, 3.8) is 0 Å². The first kappa shape index (κ1) is 19.0. The fourth-order valence-corrected chi connectivity index (χ4v) is 7.59. The molecule has 2 fully saturated rings. The van der Waals surface area contributed by atoms with Crippen molar-refractivity contribution in [1.29, 1.82) is 0 Å². The van der Waals surface area contributed by atoms with Gasteiger partial charge in [0.1, 0.15) is 6.10 Å². The third kappa shape index (κ3) is 2.76. The zero-order chi connectivity index (χ0) is 19.6. The lowest BCUT2D eigenvalue weighted by atomic mass is 9.47. The molecule has 3 heteroatoms. The van der Waals surface area contributed by atoms with Crippen LogP contribution in [-0.4, -0.2) is 17.9 Å². The molecule has 0 radical (unpaired) electrons. The van der Waals surface area contributed by atoms with E-state index in [1.165, 1.54) is 24.5 Å². The molecule has 4 aliphatic carbocycles. The summed E-state index contributed by atoms with van der Waals surface area (Å²) in [5, 5.41) is 0. The van der Waals surface area contributed by atoms with E-state index >= 15 is 0 Å². The first-order valence-corrected chi connectivity index (χ1v) is 10.7. The summed E-state index contributed by atoms with van der Waals surface area (Å²) >= 11 is 0. The van der Waals surface area contributed by atoms with E-state index in [2.05, 4.69) is 26.8 Å². The van der Waals surface area contributed by atoms with Gasteiger partial charge in [-0.05, 0) is 86.5 Å². The predicted octanol–water partition coefficient (Wildman–Crippen LogP) is 5.40. The van der Waals surface area contributed by atoms with Gasteiger partial charge >= 0.3 is 5.97 Å². The van der Waals surface area contributed by atoms with Crippen molar-refractivity contribution in [1.82, 2.24) is 0 Å². The zero-order valence-electron chi connectivity index (χ0n) is 17.6. The lowest BCUT2D eigenvalue weighted by Crippen LogP contribution is -2.50. The third-order valence-electron chi connectivity index (χ3n) is 8.66. The van der Waals surface area contributed by atoms with E-state index in [9.17, 15) is 9.59 Å². The van der Waals surface area contributed by atoms with Gasteiger partial charge < -0.3 is 4.74 Å². The number of esters is 1. The van der Waals surface area contributed by atoms with Gasteiger partial charge in [0.25, 0.3) is 0 Å². The van der Waals surface area contributed by atoms with Crippen LogP contribution in [0.15, 0.2) is 22.8 Å². The predicted molar refractivity (Wildman–Crippen MR) is 106 cm³/mol. The number of carbonyl (C=O) groups excluding carboxylic acids is 2. The fourth-order valence-electron chi connectivity index (χ4n) is 7.59. The minimum absolute atomic E-state index is 0.0620. The van der Waals surface area contributed by atoms with Crippen LogP contribution >= 0.6 is 0 Å². The molecule has 0 bridgehead atoms. The summed E-state index contributed by atoms with van der Waals surface area (Å²) in [6.45, 7) is 10.3. The summed E-state index contributed by atoms with van der Waals surface area (Å²) in [5.41, 5.74) is 4.33. The lowest BCUT2D eigenvalue weighted by Gasteiger charge is -2.57. The van der Waals surface area contributed by atoms with Crippen LogP contribution in [0.1, 0.15) is 79.6 Å². The molecule has 0 N–H and O–H groups in total. The van der Waals surface area contributed by atoms with E-state index in [4.69, 9.17) is 4.74 Å². The SMILES string of the molecule is CC(=O)O[C@H]1CC[C@]2(C)C(=CC[C@@H]3[C@@H]2CC[C@]2(C)C(C(C)=O)=C(C)C[C@@H]32)C1. The summed E-state index contributed by atoms with van der Waals surface area (Å²) in [4.78, 5) is 23.8. The zero-order valence-corrected chi connectivity index (χ0v) is 17.6. The number of allylic oxidation sites excluding steroid dienone is 3. The third-order valence-corrected chi connectivity index (χ3v) is 8.66. The largest absolute Gasteiger partial charge is 0.462 e. The van der Waals surface area contributed by atoms with Crippen LogP contribution in [0, 0.1) is 28.6 Å². The van der Waals surface area contributed by atoms with E-state index in [0.29, 0.717) is 17.8 Å². The van der Waals surface area contributed by atoms with Crippen molar-refractivity contribution in [3.8, 4) is 0 Å². The summed E-state index contributed by atoms with van der Waals surface area (Å²) in [6, 6.07) is 0. The van der Waals surface area contributed by atoms with Gasteiger partial charge in [-0.15, -0.1) is 0 Å². The average molecular weight is 371 g/mol. The number of hydrogen-bond acceptors (Lipinski definition) is 3. The second-order valence-electron chi connectivity index (χ2n) is 10.1. The number of rotatable bonds is 2. The van der Waals surface area contributed by atoms with Crippen LogP contribution in [0.25, 0.3) is 0 Å². The molecular formula is C24H34O3. The van der Waals surface area contributed by atoms with Gasteiger partial charge in [0.15, 0.2) is 5.78 Å². The van der Waals surface area contributed by atoms with Crippen LogP contribution in [0.3, 0.4) is 0 Å². The summed E-state index contributed by atoms with van der Waals surface area (Å²) in [6.07, 6.45) is 10.1. The Morgan fingerprint density at radius 1 is 1.04 bits per heavy atom. The molecule has 0 heterocycles. The molecular weight excluding hydrogens is 336 g/mol. The smallest absolute Gasteiger partial charge is 0.302 e. The van der Waals surface area contributed by atoms with Crippen LogP contribution in [-0.2, 0) is 14.3 Å². The van der Waals surface area contributed by atoms with Crippen molar-refractivity contribution in [3.05, 3.63) is 22.8 Å². The standard InChI is InChI=1S/C24H34O3/c1-14-12-21-19-7-6-17-13-18(27-16(3)26)8-10-23(17,4)20(19)9-11-24(21,5)22(14)15(2)25/h6,18-21H,7-13H2,1-5H3/t18-,19+,20-,21-,23+,24-/m0/s1. The molecule has 0 unspecified atom stereocenters. The molecule has 0 aromatic rings. The van der Waals surface area contributed by atoms with E-state index < -0.39 is 0 Å². The average Bonchev–Trinajstić information content (AvgIpc) is 2.85. The van der Waals surface area contributed by atoms with Crippen molar-refractivity contribution in [2.24, 2.45) is 28.6 Å². The molecule has 148 valence electrons. The van der Waals surface area contributed by atoms with E-state index in [0.717, 1.165) is 44.1 Å². The minimum atomic E-state index is -0.157. The van der Waals surface area contributed by atoms with Gasteiger partial charge in [-0.25, -0.2) is 0 Å². The molecule has 27 heavy (non-hydrogen) atoms. The Hall–Kier alpha value is -1.38.